The Morgan fingerprint density at radius 1 is 1.08 bits per heavy atom. The van der Waals surface area contributed by atoms with Crippen LogP contribution in [0, 0.1) is 5.82 Å². The van der Waals surface area contributed by atoms with E-state index in [4.69, 9.17) is 9.47 Å². The van der Waals surface area contributed by atoms with Crippen LogP contribution < -0.4 is 5.32 Å². The second kappa shape index (κ2) is 12.8. The summed E-state index contributed by atoms with van der Waals surface area (Å²) in [5.74, 6) is -0.309. The Hall–Kier alpha value is -1.60. The lowest BCUT2D eigenvalue weighted by atomic mass is 10.2. The van der Waals surface area contributed by atoms with Crippen molar-refractivity contribution >= 4 is 23.0 Å². The smallest absolute Gasteiger partial charge is 0.407 e. The molecule has 0 atom stereocenters. The number of carbonyl (C=O) groups is 2. The van der Waals surface area contributed by atoms with E-state index < -0.39 is 6.09 Å². The van der Waals surface area contributed by atoms with E-state index in [2.05, 4.69) is 5.32 Å². The number of carbonyl (C=O) groups excluding carboxylic acids is 2. The Morgan fingerprint density at radius 3 is 2.54 bits per heavy atom. The molecule has 1 amide bonds. The second-order valence-electron chi connectivity index (χ2n) is 5.15. The highest BCUT2D eigenvalue weighted by molar-refractivity contribution is 8.13. The topological polar surface area (TPSA) is 64.6 Å². The predicted octanol–water partition coefficient (Wildman–Crippen LogP) is 3.77. The van der Waals surface area contributed by atoms with Crippen molar-refractivity contribution in [3.05, 3.63) is 30.1 Å². The first-order chi connectivity index (χ1) is 11.6. The maximum absolute atomic E-state index is 12.8. The van der Waals surface area contributed by atoms with Gasteiger partial charge >= 0.3 is 6.09 Å². The third-order valence-electron chi connectivity index (χ3n) is 3.10. The molecular formula is C17H24FNO4S. The first-order valence-electron chi connectivity index (χ1n) is 7.97. The van der Waals surface area contributed by atoms with E-state index in [1.54, 1.807) is 19.2 Å². The summed E-state index contributed by atoms with van der Waals surface area (Å²) in [5, 5.41) is 2.73. The molecule has 0 aromatic heterocycles. The van der Waals surface area contributed by atoms with E-state index >= 15 is 0 Å². The average molecular weight is 357 g/mol. The van der Waals surface area contributed by atoms with Crippen molar-refractivity contribution in [1.82, 2.24) is 5.32 Å². The number of nitrogens with one attached hydrogen (secondary N) is 1. The largest absolute Gasteiger partial charge is 0.449 e. The first kappa shape index (κ1) is 20.4. The molecule has 24 heavy (non-hydrogen) atoms. The Kier molecular flexibility index (Phi) is 10.9. The number of ether oxygens (including phenoxy) is 2. The van der Waals surface area contributed by atoms with Crippen LogP contribution in [0.25, 0.3) is 0 Å². The molecule has 1 aromatic carbocycles. The number of unbranched alkanes of at least 4 members (excludes halogenated alkanes) is 2. The molecule has 0 spiro atoms. The van der Waals surface area contributed by atoms with Crippen LogP contribution in [0.5, 0.6) is 0 Å². The number of amides is 1. The van der Waals surface area contributed by atoms with Gasteiger partial charge < -0.3 is 14.8 Å². The van der Waals surface area contributed by atoms with Crippen LogP contribution in [0.4, 0.5) is 9.18 Å². The molecule has 0 aliphatic heterocycles. The highest BCUT2D eigenvalue weighted by Gasteiger charge is 2.05. The minimum atomic E-state index is -0.422. The molecule has 5 nitrogen and oxygen atoms in total. The Labute approximate surface area is 146 Å². The fraction of sp³-hybridized carbons (Fsp3) is 0.529. The van der Waals surface area contributed by atoms with Gasteiger partial charge in [0.25, 0.3) is 0 Å². The van der Waals surface area contributed by atoms with Crippen molar-refractivity contribution in [2.75, 3.05) is 26.9 Å². The number of halogens is 1. The zero-order valence-electron chi connectivity index (χ0n) is 13.9. The summed E-state index contributed by atoms with van der Waals surface area (Å²) in [7, 11) is 1.60. The van der Waals surface area contributed by atoms with Gasteiger partial charge in [0.2, 0.25) is 0 Å². The van der Waals surface area contributed by atoms with Crippen molar-refractivity contribution < 1.29 is 23.5 Å². The lowest BCUT2D eigenvalue weighted by Gasteiger charge is -2.06. The molecule has 0 fully saturated rings. The molecule has 0 saturated carbocycles. The Morgan fingerprint density at radius 2 is 1.83 bits per heavy atom. The van der Waals surface area contributed by atoms with E-state index in [9.17, 15) is 14.0 Å². The summed E-state index contributed by atoms with van der Waals surface area (Å²) in [6.45, 7) is 1.44. The number of alkyl carbamates (subject to hydrolysis) is 1. The lowest BCUT2D eigenvalue weighted by molar-refractivity contribution is -0.111. The summed E-state index contributed by atoms with van der Waals surface area (Å²) < 4.78 is 22.6. The molecule has 0 aliphatic rings. The van der Waals surface area contributed by atoms with Gasteiger partial charge in [-0.3, -0.25) is 4.79 Å². The van der Waals surface area contributed by atoms with Crippen molar-refractivity contribution in [2.24, 2.45) is 0 Å². The van der Waals surface area contributed by atoms with E-state index in [1.165, 1.54) is 12.1 Å². The van der Waals surface area contributed by atoms with E-state index in [-0.39, 0.29) is 10.9 Å². The molecule has 0 unspecified atom stereocenters. The fourth-order valence-corrected chi connectivity index (χ4v) is 2.65. The summed E-state index contributed by atoms with van der Waals surface area (Å²) >= 11 is 1.13. The fourth-order valence-electron chi connectivity index (χ4n) is 1.87. The van der Waals surface area contributed by atoms with Gasteiger partial charge in [-0.25, -0.2) is 9.18 Å². The van der Waals surface area contributed by atoms with Gasteiger partial charge in [0.15, 0.2) is 5.12 Å². The van der Waals surface area contributed by atoms with E-state index in [1.807, 2.05) is 0 Å². The minimum Gasteiger partial charge on any atom is -0.449 e. The van der Waals surface area contributed by atoms with Crippen LogP contribution in [0.3, 0.4) is 0 Å². The molecule has 1 rings (SSSR count). The maximum atomic E-state index is 12.8. The standard InChI is InChI=1S/C17H24FNO4S/c1-22-12-5-13-23-17(21)19-11-4-2-3-6-16(20)24-15-9-7-14(18)8-10-15/h7-10H,2-6,11-13H2,1H3,(H,19,21). The van der Waals surface area contributed by atoms with Crippen molar-refractivity contribution in [1.29, 1.82) is 0 Å². The third-order valence-corrected chi connectivity index (χ3v) is 4.04. The van der Waals surface area contributed by atoms with Crippen LogP contribution in [0.2, 0.25) is 0 Å². The van der Waals surface area contributed by atoms with Gasteiger partial charge in [-0.05, 0) is 37.1 Å². The number of thioether (sulfide) groups is 1. The van der Waals surface area contributed by atoms with Gasteiger partial charge in [0.1, 0.15) is 5.82 Å². The van der Waals surface area contributed by atoms with Crippen LogP contribution in [0.1, 0.15) is 32.1 Å². The highest BCUT2D eigenvalue weighted by Crippen LogP contribution is 2.21. The van der Waals surface area contributed by atoms with Gasteiger partial charge in [0.05, 0.1) is 6.61 Å². The monoisotopic (exact) mass is 357 g/mol. The quantitative estimate of drug-likeness (QED) is 0.482. The van der Waals surface area contributed by atoms with Gasteiger partial charge in [-0.15, -0.1) is 0 Å². The third kappa shape index (κ3) is 10.2. The molecule has 1 aromatic rings. The van der Waals surface area contributed by atoms with E-state index in [0.717, 1.165) is 35.9 Å². The molecule has 7 heteroatoms. The Balaban J connectivity index is 1.98. The predicted molar refractivity (Wildman–Crippen MR) is 91.6 cm³/mol. The van der Waals surface area contributed by atoms with Crippen molar-refractivity contribution in [2.45, 2.75) is 37.0 Å². The number of methoxy groups -OCH3 is 1. The molecule has 134 valence electrons. The second-order valence-corrected chi connectivity index (χ2v) is 6.28. The molecular weight excluding hydrogens is 333 g/mol. The summed E-state index contributed by atoms with van der Waals surface area (Å²) in [6.07, 6.45) is 3.12. The first-order valence-corrected chi connectivity index (χ1v) is 8.79. The number of hydrogen-bond acceptors (Lipinski definition) is 5. The SMILES string of the molecule is COCCCOC(=O)NCCCCCC(=O)Sc1ccc(F)cc1. The number of benzene rings is 1. The summed E-state index contributed by atoms with van der Waals surface area (Å²) in [5.41, 5.74) is 0. The maximum Gasteiger partial charge on any atom is 0.407 e. The van der Waals surface area contributed by atoms with Crippen LogP contribution in [-0.4, -0.2) is 38.1 Å². The summed E-state index contributed by atoms with van der Waals surface area (Å²) in [4.78, 5) is 23.8. The Bertz CT molecular complexity index is 496. The normalized spacial score (nSPS) is 10.4. The average Bonchev–Trinajstić information content (AvgIpc) is 2.57. The molecule has 0 aliphatic carbocycles. The van der Waals surface area contributed by atoms with Crippen LogP contribution in [-0.2, 0) is 14.3 Å². The van der Waals surface area contributed by atoms with Gasteiger partial charge in [-0.2, -0.15) is 0 Å². The lowest BCUT2D eigenvalue weighted by Crippen LogP contribution is -2.25. The van der Waals surface area contributed by atoms with Crippen LogP contribution in [0.15, 0.2) is 29.2 Å². The number of rotatable bonds is 11. The van der Waals surface area contributed by atoms with Crippen molar-refractivity contribution in [3.8, 4) is 0 Å². The molecule has 0 heterocycles. The van der Waals surface area contributed by atoms with Gasteiger partial charge in [-0.1, -0.05) is 18.2 Å². The molecule has 0 saturated heterocycles. The number of hydrogen-bond donors (Lipinski definition) is 1. The van der Waals surface area contributed by atoms with Crippen LogP contribution >= 0.6 is 11.8 Å². The van der Waals surface area contributed by atoms with E-state index in [0.29, 0.717) is 32.6 Å². The molecule has 0 bridgehead atoms. The summed E-state index contributed by atoms with van der Waals surface area (Å²) in [6, 6.07) is 5.88. The zero-order valence-corrected chi connectivity index (χ0v) is 14.7. The van der Waals surface area contributed by atoms with Crippen molar-refractivity contribution in [3.63, 3.8) is 0 Å². The highest BCUT2D eigenvalue weighted by atomic mass is 32.2. The zero-order chi connectivity index (χ0) is 17.6. The minimum absolute atomic E-state index is 0.0621. The molecule has 1 N–H and O–H groups in total. The van der Waals surface area contributed by atoms with Gasteiger partial charge in [0, 0.05) is 38.0 Å². The molecule has 0 radical (unpaired) electrons.